The minimum absolute atomic E-state index is 0.116. The molecule has 0 unspecified atom stereocenters. The number of anilines is 2. The first-order chi connectivity index (χ1) is 17.6. The molecule has 3 aromatic carbocycles. The van der Waals surface area contributed by atoms with Gasteiger partial charge in [0.05, 0.1) is 25.8 Å². The fraction of sp³-hybridized carbons (Fsp3) is 0.231. The fourth-order valence-corrected chi connectivity index (χ4v) is 5.65. The van der Waals surface area contributed by atoms with Crippen LogP contribution in [0.3, 0.4) is 0 Å². The zero-order valence-corrected chi connectivity index (χ0v) is 22.0. The van der Waals surface area contributed by atoms with E-state index in [-0.39, 0.29) is 46.0 Å². The van der Waals surface area contributed by atoms with Crippen molar-refractivity contribution in [2.45, 2.75) is 25.2 Å². The number of hydrogen-bond donors (Lipinski definition) is 1. The maximum Gasteiger partial charge on any atom is 0.310 e. The van der Waals surface area contributed by atoms with Gasteiger partial charge in [-0.05, 0) is 67.4 Å². The monoisotopic (exact) mass is 544 g/mol. The Balaban J connectivity index is 1.59. The average molecular weight is 545 g/mol. The van der Waals surface area contributed by atoms with Gasteiger partial charge in [-0.3, -0.25) is 9.59 Å². The third kappa shape index (κ3) is 5.50. The van der Waals surface area contributed by atoms with Gasteiger partial charge in [-0.25, -0.2) is 12.7 Å². The number of esters is 1. The number of benzene rings is 3. The number of nitrogens with zero attached hydrogens (tertiary/aromatic N) is 1. The number of ether oxygens (including phenoxy) is 3. The second kappa shape index (κ2) is 10.7. The van der Waals surface area contributed by atoms with Gasteiger partial charge >= 0.3 is 5.97 Å². The number of carbonyl (C=O) groups is 2. The van der Waals surface area contributed by atoms with Crippen LogP contribution in [-0.4, -0.2) is 40.7 Å². The largest absolute Gasteiger partial charge is 0.495 e. The molecule has 0 aromatic heterocycles. The molecular weight excluding hydrogens is 520 g/mol. The first kappa shape index (κ1) is 26.3. The second-order valence-corrected chi connectivity index (χ2v) is 10.5. The molecule has 0 bridgehead atoms. The van der Waals surface area contributed by atoms with Crippen LogP contribution in [0, 0.1) is 6.92 Å². The molecule has 4 rings (SSSR count). The van der Waals surface area contributed by atoms with Crippen LogP contribution >= 0.6 is 11.6 Å². The summed E-state index contributed by atoms with van der Waals surface area (Å²) in [5.41, 5.74) is 2.34. The van der Waals surface area contributed by atoms with Gasteiger partial charge in [0, 0.05) is 16.3 Å². The molecule has 0 spiro atoms. The summed E-state index contributed by atoms with van der Waals surface area (Å²) in [7, 11) is -2.76. The summed E-state index contributed by atoms with van der Waals surface area (Å²) >= 11 is 6.06. The summed E-state index contributed by atoms with van der Waals surface area (Å²) in [4.78, 5) is 24.6. The smallest absolute Gasteiger partial charge is 0.310 e. The van der Waals surface area contributed by atoms with Gasteiger partial charge in [0.1, 0.15) is 16.4 Å². The predicted octanol–water partition coefficient (Wildman–Crippen LogP) is 4.56. The molecule has 0 fully saturated rings. The Hall–Kier alpha value is -3.76. The Morgan fingerprint density at radius 1 is 1.11 bits per heavy atom. The highest BCUT2D eigenvalue weighted by molar-refractivity contribution is 7.93. The van der Waals surface area contributed by atoms with E-state index in [0.29, 0.717) is 23.6 Å². The maximum atomic E-state index is 13.5. The average Bonchev–Trinajstić information content (AvgIpc) is 3.31. The summed E-state index contributed by atoms with van der Waals surface area (Å²) < 4.78 is 44.0. The molecule has 1 heterocycles. The number of rotatable bonds is 8. The second-order valence-electron chi connectivity index (χ2n) is 8.20. The van der Waals surface area contributed by atoms with E-state index >= 15 is 0 Å². The first-order valence-electron chi connectivity index (χ1n) is 11.3. The van der Waals surface area contributed by atoms with Crippen LogP contribution in [0.5, 0.6) is 11.5 Å². The van der Waals surface area contributed by atoms with E-state index in [1.807, 2.05) is 0 Å². The predicted molar refractivity (Wildman–Crippen MR) is 139 cm³/mol. The van der Waals surface area contributed by atoms with Crippen LogP contribution in [0.4, 0.5) is 11.4 Å². The van der Waals surface area contributed by atoms with Gasteiger partial charge in [0.15, 0.2) is 6.73 Å². The summed E-state index contributed by atoms with van der Waals surface area (Å²) in [5, 5.41) is 3.03. The normalized spacial score (nSPS) is 12.5. The van der Waals surface area contributed by atoms with Gasteiger partial charge in [0.2, 0.25) is 0 Å². The van der Waals surface area contributed by atoms with E-state index in [1.54, 1.807) is 44.2 Å². The Kier molecular flexibility index (Phi) is 7.60. The Labute approximate surface area is 219 Å². The van der Waals surface area contributed by atoms with E-state index in [4.69, 9.17) is 25.8 Å². The van der Waals surface area contributed by atoms with Crippen molar-refractivity contribution in [3.05, 3.63) is 76.3 Å². The number of hydrogen-bond acceptors (Lipinski definition) is 7. The zero-order chi connectivity index (χ0) is 26.7. The number of sulfonamides is 1. The molecule has 1 N–H and O–H groups in total. The minimum atomic E-state index is -4.13. The molecular formula is C26H25ClN2O7S. The molecule has 0 aliphatic carbocycles. The number of aryl methyl sites for hydroxylation is 1. The van der Waals surface area contributed by atoms with Crippen LogP contribution < -0.4 is 19.1 Å². The van der Waals surface area contributed by atoms with E-state index < -0.39 is 15.9 Å². The summed E-state index contributed by atoms with van der Waals surface area (Å²) in [5.74, 6) is -0.266. The molecule has 3 aromatic rings. The number of nitrogens with one attached hydrogen (secondary N) is 1. The molecule has 9 nitrogen and oxygen atoms in total. The van der Waals surface area contributed by atoms with Crippen LogP contribution in [-0.2, 0) is 26.0 Å². The molecule has 1 aliphatic rings. The van der Waals surface area contributed by atoms with Crippen molar-refractivity contribution >= 4 is 44.9 Å². The van der Waals surface area contributed by atoms with Crippen molar-refractivity contribution in [1.29, 1.82) is 0 Å². The highest BCUT2D eigenvalue weighted by Gasteiger charge is 2.36. The summed E-state index contributed by atoms with van der Waals surface area (Å²) in [6, 6.07) is 14.2. The number of fused-ring (bicyclic) bond motifs is 1. The molecule has 0 radical (unpaired) electrons. The topological polar surface area (TPSA) is 111 Å². The quantitative estimate of drug-likeness (QED) is 0.414. The molecule has 0 saturated carbocycles. The van der Waals surface area contributed by atoms with Gasteiger partial charge in [-0.2, -0.15) is 0 Å². The van der Waals surface area contributed by atoms with Crippen molar-refractivity contribution in [3.8, 4) is 11.5 Å². The van der Waals surface area contributed by atoms with Crippen LogP contribution in [0.1, 0.15) is 28.4 Å². The summed E-state index contributed by atoms with van der Waals surface area (Å²) in [6.45, 7) is 3.52. The van der Waals surface area contributed by atoms with Gasteiger partial charge < -0.3 is 19.5 Å². The number of methoxy groups -OCH3 is 1. The van der Waals surface area contributed by atoms with Crippen molar-refractivity contribution in [3.63, 3.8) is 0 Å². The van der Waals surface area contributed by atoms with E-state index in [0.717, 1.165) is 9.87 Å². The Morgan fingerprint density at radius 2 is 1.84 bits per heavy atom. The minimum Gasteiger partial charge on any atom is -0.495 e. The fourth-order valence-electron chi connectivity index (χ4n) is 3.91. The highest BCUT2D eigenvalue weighted by Crippen LogP contribution is 2.42. The lowest BCUT2D eigenvalue weighted by molar-refractivity contribution is -0.142. The van der Waals surface area contributed by atoms with E-state index in [2.05, 4.69) is 5.32 Å². The zero-order valence-electron chi connectivity index (χ0n) is 20.4. The standard InChI is InChI=1S/C26H25ClN2O7S/c1-4-35-24(30)12-17-5-8-20(9-6-17)28-26(31)18-11-16(2)25-21(13-18)29(15-36-25)37(32,33)23-14-19(27)7-10-22(23)34-3/h5-11,13-14H,4,12,15H2,1-3H3,(H,28,31). The Morgan fingerprint density at radius 3 is 2.51 bits per heavy atom. The number of amides is 1. The van der Waals surface area contributed by atoms with E-state index in [9.17, 15) is 18.0 Å². The third-order valence-corrected chi connectivity index (χ3v) is 7.66. The van der Waals surface area contributed by atoms with Gasteiger partial charge in [-0.1, -0.05) is 23.7 Å². The van der Waals surface area contributed by atoms with Crippen molar-refractivity contribution < 1.29 is 32.2 Å². The van der Waals surface area contributed by atoms with Crippen molar-refractivity contribution in [2.75, 3.05) is 30.1 Å². The molecule has 194 valence electrons. The van der Waals surface area contributed by atoms with Crippen molar-refractivity contribution in [2.24, 2.45) is 0 Å². The molecule has 0 saturated heterocycles. The van der Waals surface area contributed by atoms with Crippen LogP contribution in [0.2, 0.25) is 5.02 Å². The Bertz CT molecular complexity index is 1460. The molecule has 1 aliphatic heterocycles. The van der Waals surface area contributed by atoms with Gasteiger partial charge in [-0.15, -0.1) is 0 Å². The lowest BCUT2D eigenvalue weighted by Gasteiger charge is -2.19. The van der Waals surface area contributed by atoms with Crippen LogP contribution in [0.25, 0.3) is 0 Å². The van der Waals surface area contributed by atoms with Crippen LogP contribution in [0.15, 0.2) is 59.5 Å². The highest BCUT2D eigenvalue weighted by atomic mass is 35.5. The van der Waals surface area contributed by atoms with Crippen molar-refractivity contribution in [1.82, 2.24) is 0 Å². The summed E-state index contributed by atoms with van der Waals surface area (Å²) in [6.07, 6.45) is 0.133. The first-order valence-corrected chi connectivity index (χ1v) is 13.2. The molecule has 1 amide bonds. The molecule has 0 atom stereocenters. The number of halogens is 1. The number of carbonyl (C=O) groups excluding carboxylic acids is 2. The maximum absolute atomic E-state index is 13.5. The lowest BCUT2D eigenvalue weighted by atomic mass is 10.1. The SMILES string of the molecule is CCOC(=O)Cc1ccc(NC(=O)c2cc(C)c3c(c2)N(S(=O)(=O)c2cc(Cl)ccc2OC)CO3)cc1. The molecule has 11 heteroatoms. The van der Waals surface area contributed by atoms with E-state index in [1.165, 1.54) is 31.4 Å². The lowest BCUT2D eigenvalue weighted by Crippen LogP contribution is -2.30. The van der Waals surface area contributed by atoms with Gasteiger partial charge in [0.25, 0.3) is 15.9 Å². The third-order valence-electron chi connectivity index (χ3n) is 5.67. The molecule has 37 heavy (non-hydrogen) atoms.